The fraction of sp³-hybridized carbons (Fsp3) is 0.0833. The Hall–Kier alpha value is -2.43. The lowest BCUT2D eigenvalue weighted by Crippen LogP contribution is -2.03. The third-order valence-electron chi connectivity index (χ3n) is 2.55. The van der Waals surface area contributed by atoms with Crippen molar-refractivity contribution in [3.8, 4) is 11.4 Å². The van der Waals surface area contributed by atoms with Crippen molar-refractivity contribution in [1.29, 1.82) is 0 Å². The van der Waals surface area contributed by atoms with Crippen LogP contribution in [0.2, 0.25) is 0 Å². The van der Waals surface area contributed by atoms with Crippen molar-refractivity contribution >= 4 is 11.2 Å². The second-order valence-corrected chi connectivity index (χ2v) is 3.89. The largest absolute Gasteiger partial charge is 0.367 e. The lowest BCUT2D eigenvalue weighted by molar-refractivity contribution is 1.24. The Morgan fingerprint density at radius 1 is 1.35 bits per heavy atom. The third kappa shape index (κ3) is 1.61. The van der Waals surface area contributed by atoms with E-state index in [4.69, 9.17) is 0 Å². The van der Waals surface area contributed by atoms with E-state index in [2.05, 4.69) is 19.9 Å². The van der Waals surface area contributed by atoms with Gasteiger partial charge in [0.2, 0.25) is 0 Å². The molecule has 3 aromatic rings. The van der Waals surface area contributed by atoms with Crippen LogP contribution in [0.5, 0.6) is 0 Å². The van der Waals surface area contributed by atoms with Gasteiger partial charge in [0.1, 0.15) is 5.82 Å². The van der Waals surface area contributed by atoms with Crippen molar-refractivity contribution in [3.63, 3.8) is 0 Å². The molecule has 0 saturated carbocycles. The maximum absolute atomic E-state index is 11.7. The minimum absolute atomic E-state index is 0.0699. The van der Waals surface area contributed by atoms with Crippen LogP contribution in [0.25, 0.3) is 22.6 Å². The summed E-state index contributed by atoms with van der Waals surface area (Å²) in [6.07, 6.45) is 4.98. The average molecular weight is 226 g/mol. The van der Waals surface area contributed by atoms with Gasteiger partial charge in [-0.3, -0.25) is 4.79 Å². The minimum Gasteiger partial charge on any atom is -0.367 e. The maximum Gasteiger partial charge on any atom is 0.192 e. The highest BCUT2D eigenvalue weighted by atomic mass is 16.1. The number of aryl methyl sites for hydroxylation is 1. The molecule has 0 saturated heterocycles. The Kier molecular flexibility index (Phi) is 2.04. The second-order valence-electron chi connectivity index (χ2n) is 3.89. The van der Waals surface area contributed by atoms with E-state index in [-0.39, 0.29) is 5.43 Å². The number of fused-ring (bicyclic) bond motifs is 1. The molecule has 3 rings (SSSR count). The topological polar surface area (TPSA) is 74.4 Å². The highest BCUT2D eigenvalue weighted by Crippen LogP contribution is 2.16. The Morgan fingerprint density at radius 2 is 2.24 bits per heavy atom. The molecule has 0 spiro atoms. The van der Waals surface area contributed by atoms with Crippen LogP contribution in [0.1, 0.15) is 5.56 Å². The van der Waals surface area contributed by atoms with E-state index in [1.54, 1.807) is 18.6 Å². The Bertz CT molecular complexity index is 741. The van der Waals surface area contributed by atoms with E-state index in [9.17, 15) is 4.79 Å². The van der Waals surface area contributed by atoms with Crippen LogP contribution in [0.4, 0.5) is 0 Å². The summed E-state index contributed by atoms with van der Waals surface area (Å²) in [5.41, 5.74) is 2.95. The number of aromatic nitrogens is 4. The SMILES string of the molecule is Cc1cnc2nc(-c3c[nH]ccc3=O)[nH]c2c1. The van der Waals surface area contributed by atoms with Crippen LogP contribution < -0.4 is 5.43 Å². The molecule has 0 aromatic carbocycles. The van der Waals surface area contributed by atoms with Gasteiger partial charge in [0.25, 0.3) is 0 Å². The molecule has 5 heteroatoms. The van der Waals surface area contributed by atoms with Crippen molar-refractivity contribution in [2.45, 2.75) is 6.92 Å². The van der Waals surface area contributed by atoms with Crippen LogP contribution in [0.3, 0.4) is 0 Å². The Labute approximate surface area is 96.6 Å². The van der Waals surface area contributed by atoms with Gasteiger partial charge >= 0.3 is 0 Å². The monoisotopic (exact) mass is 226 g/mol. The molecule has 5 nitrogen and oxygen atoms in total. The molecule has 0 aliphatic carbocycles. The Morgan fingerprint density at radius 3 is 3.06 bits per heavy atom. The van der Waals surface area contributed by atoms with Gasteiger partial charge in [-0.1, -0.05) is 0 Å². The maximum atomic E-state index is 11.7. The fourth-order valence-electron chi connectivity index (χ4n) is 1.73. The molecule has 0 atom stereocenters. The molecule has 0 aliphatic rings. The van der Waals surface area contributed by atoms with E-state index in [1.165, 1.54) is 6.07 Å². The van der Waals surface area contributed by atoms with Crippen molar-refractivity contribution in [2.75, 3.05) is 0 Å². The van der Waals surface area contributed by atoms with Gasteiger partial charge < -0.3 is 9.97 Å². The molecule has 0 fully saturated rings. The smallest absolute Gasteiger partial charge is 0.192 e. The number of nitrogens with zero attached hydrogens (tertiary/aromatic N) is 2. The van der Waals surface area contributed by atoms with Crippen LogP contribution in [0, 0.1) is 6.92 Å². The fourth-order valence-corrected chi connectivity index (χ4v) is 1.73. The van der Waals surface area contributed by atoms with Gasteiger partial charge in [0.05, 0.1) is 11.1 Å². The highest BCUT2D eigenvalue weighted by molar-refractivity contribution is 5.75. The number of hydrogen-bond acceptors (Lipinski definition) is 3. The standard InChI is InChI=1S/C12H10N4O/c1-7-4-9-12(14-5-7)16-11(15-9)8-6-13-3-2-10(8)17/h2-6H,1H3,(H,13,17)(H,14,15,16). The first-order chi connectivity index (χ1) is 8.24. The molecule has 2 N–H and O–H groups in total. The number of aromatic amines is 2. The lowest BCUT2D eigenvalue weighted by Gasteiger charge is -1.92. The van der Waals surface area contributed by atoms with E-state index >= 15 is 0 Å². The summed E-state index contributed by atoms with van der Waals surface area (Å²) in [4.78, 5) is 26.1. The first-order valence-corrected chi connectivity index (χ1v) is 5.24. The summed E-state index contributed by atoms with van der Waals surface area (Å²) in [5.74, 6) is 0.542. The normalized spacial score (nSPS) is 10.9. The van der Waals surface area contributed by atoms with Gasteiger partial charge in [-0.05, 0) is 18.6 Å². The quantitative estimate of drug-likeness (QED) is 0.662. The van der Waals surface area contributed by atoms with Crippen LogP contribution in [-0.2, 0) is 0 Å². The molecular formula is C12H10N4O. The average Bonchev–Trinajstić information content (AvgIpc) is 2.72. The first-order valence-electron chi connectivity index (χ1n) is 5.24. The number of hydrogen-bond donors (Lipinski definition) is 2. The number of pyridine rings is 2. The van der Waals surface area contributed by atoms with Crippen molar-refractivity contribution < 1.29 is 0 Å². The molecule has 3 aromatic heterocycles. The molecule has 3 heterocycles. The van der Waals surface area contributed by atoms with Gasteiger partial charge in [0.15, 0.2) is 11.1 Å². The molecule has 0 aliphatic heterocycles. The van der Waals surface area contributed by atoms with E-state index in [0.717, 1.165) is 11.1 Å². The molecule has 0 radical (unpaired) electrons. The van der Waals surface area contributed by atoms with E-state index in [1.807, 2.05) is 13.0 Å². The van der Waals surface area contributed by atoms with E-state index in [0.29, 0.717) is 17.0 Å². The van der Waals surface area contributed by atoms with Crippen LogP contribution >= 0.6 is 0 Å². The summed E-state index contributed by atoms with van der Waals surface area (Å²) in [6, 6.07) is 3.43. The summed E-state index contributed by atoms with van der Waals surface area (Å²) < 4.78 is 0. The summed E-state index contributed by atoms with van der Waals surface area (Å²) in [5, 5.41) is 0. The lowest BCUT2D eigenvalue weighted by atomic mass is 10.2. The number of nitrogens with one attached hydrogen (secondary N) is 2. The number of imidazole rings is 1. The first kappa shape index (κ1) is 9.77. The highest BCUT2D eigenvalue weighted by Gasteiger charge is 2.08. The zero-order valence-corrected chi connectivity index (χ0v) is 9.19. The van der Waals surface area contributed by atoms with Gasteiger partial charge in [-0.25, -0.2) is 9.97 Å². The van der Waals surface area contributed by atoms with Crippen molar-refractivity contribution in [2.24, 2.45) is 0 Å². The second kappa shape index (κ2) is 3.55. The van der Waals surface area contributed by atoms with Gasteiger partial charge in [-0.2, -0.15) is 0 Å². The minimum atomic E-state index is -0.0699. The van der Waals surface area contributed by atoms with Gasteiger partial charge in [0, 0.05) is 24.7 Å². The number of rotatable bonds is 1. The molecular weight excluding hydrogens is 216 g/mol. The summed E-state index contributed by atoms with van der Waals surface area (Å²) in [6.45, 7) is 1.96. The third-order valence-corrected chi connectivity index (χ3v) is 2.55. The van der Waals surface area contributed by atoms with Gasteiger partial charge in [-0.15, -0.1) is 0 Å². The van der Waals surface area contributed by atoms with Crippen LogP contribution in [-0.4, -0.2) is 19.9 Å². The molecule has 84 valence electrons. The molecule has 17 heavy (non-hydrogen) atoms. The molecule has 0 bridgehead atoms. The van der Waals surface area contributed by atoms with Crippen LogP contribution in [0.15, 0.2) is 35.5 Å². The Balaban J connectivity index is 2.25. The summed E-state index contributed by atoms with van der Waals surface area (Å²) in [7, 11) is 0. The predicted octanol–water partition coefficient (Wildman–Crippen LogP) is 1.62. The molecule has 0 amide bonds. The van der Waals surface area contributed by atoms with Crippen molar-refractivity contribution in [3.05, 3.63) is 46.5 Å². The zero-order valence-electron chi connectivity index (χ0n) is 9.19. The van der Waals surface area contributed by atoms with E-state index < -0.39 is 0 Å². The predicted molar refractivity (Wildman–Crippen MR) is 64.7 cm³/mol. The summed E-state index contributed by atoms with van der Waals surface area (Å²) >= 11 is 0. The zero-order chi connectivity index (χ0) is 11.8. The number of H-pyrrole nitrogens is 2. The molecule has 0 unspecified atom stereocenters. The van der Waals surface area contributed by atoms with Crippen molar-refractivity contribution in [1.82, 2.24) is 19.9 Å².